The fourth-order valence-electron chi connectivity index (χ4n) is 3.73. The number of anilines is 1. The molecule has 0 aromatic heterocycles. The highest BCUT2D eigenvalue weighted by Gasteiger charge is 2.27. The van der Waals surface area contributed by atoms with Gasteiger partial charge in [0.2, 0.25) is 11.8 Å². The Morgan fingerprint density at radius 1 is 0.935 bits per heavy atom. The zero-order chi connectivity index (χ0) is 21.9. The van der Waals surface area contributed by atoms with E-state index in [1.165, 1.54) is 0 Å². The Bertz CT molecular complexity index is 858. The van der Waals surface area contributed by atoms with Crippen LogP contribution in [0.25, 0.3) is 0 Å². The normalized spacial score (nSPS) is 17.7. The van der Waals surface area contributed by atoms with Crippen molar-refractivity contribution in [3.8, 4) is 0 Å². The van der Waals surface area contributed by atoms with Crippen LogP contribution in [-0.4, -0.2) is 42.4 Å². The van der Waals surface area contributed by atoms with Gasteiger partial charge in [0.1, 0.15) is 0 Å². The van der Waals surface area contributed by atoms with E-state index in [2.05, 4.69) is 16.0 Å². The Morgan fingerprint density at radius 2 is 1.61 bits per heavy atom. The molecule has 2 aromatic rings. The first kappa shape index (κ1) is 22.3. The number of rotatable bonds is 4. The highest BCUT2D eigenvalue weighted by molar-refractivity contribution is 5.92. The molecule has 3 N–H and O–H groups in total. The van der Waals surface area contributed by atoms with Crippen LogP contribution in [0.1, 0.15) is 43.7 Å². The number of hydrogen-bond acceptors (Lipinski definition) is 3. The number of amides is 4. The molecule has 0 saturated carbocycles. The van der Waals surface area contributed by atoms with E-state index < -0.39 is 6.03 Å². The van der Waals surface area contributed by atoms with Crippen LogP contribution in [0.5, 0.6) is 0 Å². The molecule has 3 rings (SSSR count). The van der Waals surface area contributed by atoms with Crippen LogP contribution in [0.15, 0.2) is 60.7 Å². The topological polar surface area (TPSA) is 90.5 Å². The van der Waals surface area contributed by atoms with Crippen LogP contribution < -0.4 is 16.0 Å². The van der Waals surface area contributed by atoms with Crippen LogP contribution in [0.3, 0.4) is 0 Å². The number of para-hydroxylation sites is 1. The van der Waals surface area contributed by atoms with Crippen LogP contribution in [0, 0.1) is 0 Å². The molecule has 0 bridgehead atoms. The molecule has 7 nitrogen and oxygen atoms in total. The summed E-state index contributed by atoms with van der Waals surface area (Å²) in [5, 5.41) is 8.32. The number of nitrogens with one attached hydrogen (secondary N) is 3. The predicted octanol–water partition coefficient (Wildman–Crippen LogP) is 3.46. The van der Waals surface area contributed by atoms with E-state index in [9.17, 15) is 14.4 Å². The number of hydrogen-bond donors (Lipinski definition) is 3. The van der Waals surface area contributed by atoms with Gasteiger partial charge in [-0.25, -0.2) is 4.79 Å². The van der Waals surface area contributed by atoms with Crippen molar-refractivity contribution in [1.29, 1.82) is 0 Å². The van der Waals surface area contributed by atoms with Crippen LogP contribution in [0.2, 0.25) is 0 Å². The molecule has 1 unspecified atom stereocenters. The van der Waals surface area contributed by atoms with Crippen molar-refractivity contribution >= 4 is 23.5 Å². The monoisotopic (exact) mass is 422 g/mol. The molecule has 1 saturated heterocycles. The maximum absolute atomic E-state index is 13.1. The Balaban J connectivity index is 1.71. The van der Waals surface area contributed by atoms with Crippen LogP contribution >= 0.6 is 0 Å². The summed E-state index contributed by atoms with van der Waals surface area (Å²) in [6.45, 7) is 1.08. The summed E-state index contributed by atoms with van der Waals surface area (Å²) in [4.78, 5) is 39.6. The molecule has 1 aliphatic heterocycles. The molecule has 2 aromatic carbocycles. The summed E-state index contributed by atoms with van der Waals surface area (Å²) in [5.41, 5.74) is 1.57. The molecule has 1 fully saturated rings. The van der Waals surface area contributed by atoms with E-state index in [4.69, 9.17) is 0 Å². The van der Waals surface area contributed by atoms with E-state index in [1.807, 2.05) is 48.5 Å². The third kappa shape index (κ3) is 7.13. The molecule has 1 atom stereocenters. The number of carbonyl (C=O) groups is 3. The highest BCUT2D eigenvalue weighted by atomic mass is 16.2. The zero-order valence-corrected chi connectivity index (χ0v) is 17.7. The smallest absolute Gasteiger partial charge is 0.319 e. The minimum Gasteiger partial charge on any atom is -0.356 e. The van der Waals surface area contributed by atoms with Crippen LogP contribution in [-0.2, 0) is 9.59 Å². The van der Waals surface area contributed by atoms with Crippen molar-refractivity contribution in [3.05, 3.63) is 66.2 Å². The average Bonchev–Trinajstić information content (AvgIpc) is 2.83. The quantitative estimate of drug-likeness (QED) is 0.705. The van der Waals surface area contributed by atoms with Gasteiger partial charge < -0.3 is 20.9 Å². The van der Waals surface area contributed by atoms with Gasteiger partial charge in [-0.15, -0.1) is 0 Å². The molecule has 1 heterocycles. The molecule has 164 valence electrons. The van der Waals surface area contributed by atoms with Gasteiger partial charge in [0.25, 0.3) is 0 Å². The molecular weight excluding hydrogens is 392 g/mol. The summed E-state index contributed by atoms with van der Waals surface area (Å²) in [6, 6.07) is 17.9. The molecular formula is C24H30N4O3. The summed E-state index contributed by atoms with van der Waals surface area (Å²) in [5.74, 6) is -0.271. The standard InChI is InChI=1S/C24H30N4O3/c29-22-17-21(19-11-5-3-6-12-19)28(16-10-2-1-9-15-25-22)23(30)18-26-24(31)27-20-13-7-4-8-14-20/h3-8,11-14,21H,1-2,9-10,15-18H2,(H,25,29)(H2,26,27,31). The summed E-state index contributed by atoms with van der Waals surface area (Å²) < 4.78 is 0. The first-order valence-corrected chi connectivity index (χ1v) is 10.8. The second-order valence-corrected chi connectivity index (χ2v) is 7.66. The SMILES string of the molecule is O=C1CC(c2ccccc2)N(C(=O)CNC(=O)Nc2ccccc2)CCCCCCN1. The molecule has 0 aliphatic carbocycles. The first-order chi connectivity index (χ1) is 15.1. The van der Waals surface area contributed by atoms with Gasteiger partial charge in [-0.05, 0) is 30.5 Å². The van der Waals surface area contributed by atoms with E-state index >= 15 is 0 Å². The zero-order valence-electron chi connectivity index (χ0n) is 17.7. The first-order valence-electron chi connectivity index (χ1n) is 10.8. The highest BCUT2D eigenvalue weighted by Crippen LogP contribution is 2.25. The fourth-order valence-corrected chi connectivity index (χ4v) is 3.73. The van der Waals surface area contributed by atoms with Crippen LogP contribution in [0.4, 0.5) is 10.5 Å². The van der Waals surface area contributed by atoms with Crippen molar-refractivity contribution in [3.63, 3.8) is 0 Å². The number of urea groups is 1. The van der Waals surface area contributed by atoms with E-state index in [-0.39, 0.29) is 30.8 Å². The minimum atomic E-state index is -0.438. The maximum Gasteiger partial charge on any atom is 0.319 e. The van der Waals surface area contributed by atoms with Gasteiger partial charge in [0, 0.05) is 18.8 Å². The molecule has 0 radical (unpaired) electrons. The number of carbonyl (C=O) groups excluding carboxylic acids is 3. The molecule has 1 aliphatic rings. The Morgan fingerprint density at radius 3 is 2.35 bits per heavy atom. The number of benzene rings is 2. The van der Waals surface area contributed by atoms with Gasteiger partial charge in [-0.2, -0.15) is 0 Å². The van der Waals surface area contributed by atoms with Crippen molar-refractivity contribution in [2.45, 2.75) is 38.1 Å². The number of nitrogens with zero attached hydrogens (tertiary/aromatic N) is 1. The Hall–Kier alpha value is -3.35. The van der Waals surface area contributed by atoms with E-state index in [0.29, 0.717) is 18.8 Å². The molecule has 7 heteroatoms. The largest absolute Gasteiger partial charge is 0.356 e. The fraction of sp³-hybridized carbons (Fsp3) is 0.375. The van der Waals surface area contributed by atoms with Gasteiger partial charge >= 0.3 is 6.03 Å². The van der Waals surface area contributed by atoms with Crippen molar-refractivity contribution < 1.29 is 14.4 Å². The van der Waals surface area contributed by atoms with Crippen molar-refractivity contribution in [1.82, 2.24) is 15.5 Å². The average molecular weight is 423 g/mol. The molecule has 4 amide bonds. The van der Waals surface area contributed by atoms with Gasteiger partial charge in [-0.1, -0.05) is 61.4 Å². The van der Waals surface area contributed by atoms with Gasteiger partial charge in [0.05, 0.1) is 19.0 Å². The van der Waals surface area contributed by atoms with E-state index in [1.54, 1.807) is 17.0 Å². The van der Waals surface area contributed by atoms with Crippen molar-refractivity contribution in [2.24, 2.45) is 0 Å². The van der Waals surface area contributed by atoms with E-state index in [0.717, 1.165) is 31.2 Å². The summed E-state index contributed by atoms with van der Waals surface area (Å²) >= 11 is 0. The predicted molar refractivity (Wildman–Crippen MR) is 120 cm³/mol. The summed E-state index contributed by atoms with van der Waals surface area (Å²) in [6.07, 6.45) is 4.00. The second-order valence-electron chi connectivity index (χ2n) is 7.66. The minimum absolute atomic E-state index is 0.0664. The lowest BCUT2D eigenvalue weighted by Gasteiger charge is -2.32. The molecule has 31 heavy (non-hydrogen) atoms. The lowest BCUT2D eigenvalue weighted by atomic mass is 10.0. The second kappa shape index (κ2) is 11.7. The van der Waals surface area contributed by atoms with Gasteiger partial charge in [0.15, 0.2) is 0 Å². The lowest BCUT2D eigenvalue weighted by molar-refractivity contribution is -0.134. The maximum atomic E-state index is 13.1. The summed E-state index contributed by atoms with van der Waals surface area (Å²) in [7, 11) is 0. The lowest BCUT2D eigenvalue weighted by Crippen LogP contribution is -2.44. The Kier molecular flexibility index (Phi) is 8.46. The molecule has 0 spiro atoms. The Labute approximate surface area is 183 Å². The third-order valence-electron chi connectivity index (χ3n) is 5.34. The van der Waals surface area contributed by atoms with Gasteiger partial charge in [-0.3, -0.25) is 9.59 Å². The third-order valence-corrected chi connectivity index (χ3v) is 5.34. The van der Waals surface area contributed by atoms with Crippen molar-refractivity contribution in [2.75, 3.05) is 25.0 Å².